The summed E-state index contributed by atoms with van der Waals surface area (Å²) in [7, 11) is 1.47. The van der Waals surface area contributed by atoms with Gasteiger partial charge in [0.2, 0.25) is 0 Å². The highest BCUT2D eigenvalue weighted by Gasteiger charge is 2.27. The zero-order valence-electron chi connectivity index (χ0n) is 47.4. The van der Waals surface area contributed by atoms with Crippen LogP contribution >= 0.6 is 7.82 Å². The van der Waals surface area contributed by atoms with Gasteiger partial charge in [-0.15, -0.1) is 0 Å². The van der Waals surface area contributed by atoms with E-state index in [0.29, 0.717) is 17.4 Å². The average molecular weight is 1030 g/mol. The van der Waals surface area contributed by atoms with Crippen LogP contribution in [0.4, 0.5) is 0 Å². The van der Waals surface area contributed by atoms with Crippen LogP contribution in [-0.2, 0) is 32.7 Å². The largest absolute Gasteiger partial charge is 0.472 e. The van der Waals surface area contributed by atoms with Crippen LogP contribution in [-0.4, -0.2) is 74.9 Å². The molecule has 9 nitrogen and oxygen atoms in total. The highest BCUT2D eigenvalue weighted by Crippen LogP contribution is 2.43. The van der Waals surface area contributed by atoms with E-state index in [0.717, 1.165) is 70.6 Å². The highest BCUT2D eigenvalue weighted by molar-refractivity contribution is 7.47. The van der Waals surface area contributed by atoms with Crippen molar-refractivity contribution in [1.82, 2.24) is 0 Å². The van der Waals surface area contributed by atoms with Gasteiger partial charge in [-0.2, -0.15) is 0 Å². The molecule has 0 aromatic heterocycles. The Morgan fingerprint density at radius 3 is 1.18 bits per heavy atom. The molecule has 0 fully saturated rings. The van der Waals surface area contributed by atoms with E-state index in [1.165, 1.54) is 154 Å². The van der Waals surface area contributed by atoms with Crippen LogP contribution in [0.25, 0.3) is 0 Å². The molecule has 0 aliphatic carbocycles. The highest BCUT2D eigenvalue weighted by atomic mass is 31.2. The first kappa shape index (κ1) is 69.5. The number of phosphoric acid groups is 1. The molecule has 0 saturated carbocycles. The second-order valence-electron chi connectivity index (χ2n) is 21.0. The Labute approximate surface area is 444 Å². The Hall–Kier alpha value is -2.55. The van der Waals surface area contributed by atoms with Gasteiger partial charge in [-0.1, -0.05) is 234 Å². The van der Waals surface area contributed by atoms with Crippen LogP contribution in [0.3, 0.4) is 0 Å². The van der Waals surface area contributed by atoms with Crippen molar-refractivity contribution in [2.45, 2.75) is 264 Å². The Morgan fingerprint density at radius 1 is 0.444 bits per heavy atom. The molecule has 2 atom stereocenters. The lowest BCUT2D eigenvalue weighted by Gasteiger charge is -2.24. The van der Waals surface area contributed by atoms with Crippen LogP contribution in [0.15, 0.2) is 72.9 Å². The SMILES string of the molecule is CC/C=C\C/C=C\C/C=C\C/C=C\CCCCCCCCCCCCCCCCC(=O)OC(COC(=O)CCCCCCCCCCC/C=C\C/C=C\CCCCCCC)COP(=O)(O)OCC[N+](C)(C)C. The van der Waals surface area contributed by atoms with Crippen LogP contribution in [0, 0.1) is 0 Å². The van der Waals surface area contributed by atoms with Gasteiger partial charge >= 0.3 is 19.8 Å². The van der Waals surface area contributed by atoms with Crippen molar-refractivity contribution in [3.63, 3.8) is 0 Å². The second-order valence-corrected chi connectivity index (χ2v) is 22.5. The van der Waals surface area contributed by atoms with Crippen molar-refractivity contribution in [3.05, 3.63) is 72.9 Å². The molecule has 0 bridgehead atoms. The predicted molar refractivity (Wildman–Crippen MR) is 307 cm³/mol. The summed E-state index contributed by atoms with van der Waals surface area (Å²) in [6.07, 6.45) is 69.7. The molecule has 0 aliphatic rings. The molecule has 0 heterocycles. The number of unbranched alkanes of at least 4 members (excludes halogenated alkanes) is 28. The number of allylic oxidation sites excluding steroid dienone is 12. The van der Waals surface area contributed by atoms with Gasteiger partial charge in [0.15, 0.2) is 6.10 Å². The minimum absolute atomic E-state index is 0.0291. The van der Waals surface area contributed by atoms with E-state index >= 15 is 0 Å². The molecule has 1 N–H and O–H groups in total. The zero-order valence-corrected chi connectivity index (χ0v) is 48.3. The summed E-state index contributed by atoms with van der Waals surface area (Å²) in [6, 6.07) is 0. The maximum absolute atomic E-state index is 12.8. The van der Waals surface area contributed by atoms with Crippen LogP contribution in [0.5, 0.6) is 0 Å². The number of carbonyl (C=O) groups excluding carboxylic acids is 2. The lowest BCUT2D eigenvalue weighted by atomic mass is 10.0. The Balaban J connectivity index is 4.15. The maximum atomic E-state index is 12.8. The van der Waals surface area contributed by atoms with Gasteiger partial charge in [-0.3, -0.25) is 18.6 Å². The number of likely N-dealkylation sites (N-methyl/N-ethyl adjacent to an activating group) is 1. The number of rotatable bonds is 54. The van der Waals surface area contributed by atoms with Crippen molar-refractivity contribution in [2.24, 2.45) is 0 Å². The van der Waals surface area contributed by atoms with Gasteiger partial charge in [0, 0.05) is 12.8 Å². The molecule has 0 aliphatic heterocycles. The van der Waals surface area contributed by atoms with Gasteiger partial charge in [-0.05, 0) is 83.5 Å². The number of hydrogen-bond donors (Lipinski definition) is 1. The summed E-state index contributed by atoms with van der Waals surface area (Å²) in [5.41, 5.74) is 0. The summed E-state index contributed by atoms with van der Waals surface area (Å²) in [5.74, 6) is -0.798. The first-order chi connectivity index (χ1) is 35.0. The topological polar surface area (TPSA) is 108 Å². The van der Waals surface area contributed by atoms with E-state index < -0.39 is 26.5 Å². The molecule has 72 heavy (non-hydrogen) atoms. The Kier molecular flexibility index (Phi) is 51.4. The minimum Gasteiger partial charge on any atom is -0.462 e. The molecule has 0 radical (unpaired) electrons. The normalized spacial score (nSPS) is 13.8. The second kappa shape index (κ2) is 53.3. The fourth-order valence-corrected chi connectivity index (χ4v) is 8.90. The Morgan fingerprint density at radius 2 is 0.792 bits per heavy atom. The number of hydrogen-bond acceptors (Lipinski definition) is 7. The maximum Gasteiger partial charge on any atom is 0.472 e. The van der Waals surface area contributed by atoms with Gasteiger partial charge in [0.25, 0.3) is 0 Å². The first-order valence-corrected chi connectivity index (χ1v) is 31.2. The summed E-state index contributed by atoms with van der Waals surface area (Å²) >= 11 is 0. The quantitative estimate of drug-likeness (QED) is 0.0211. The molecule has 0 aromatic carbocycles. The fourth-order valence-electron chi connectivity index (χ4n) is 8.16. The number of carbonyl (C=O) groups is 2. The molecule has 0 saturated heterocycles. The molecule has 2 unspecified atom stereocenters. The van der Waals surface area contributed by atoms with Crippen LogP contribution in [0.2, 0.25) is 0 Å². The number of esters is 2. The predicted octanol–water partition coefficient (Wildman–Crippen LogP) is 18.5. The molecule has 0 spiro atoms. The standard InChI is InChI=1S/C62H112NO8P/c1-6-8-10-12-14-16-18-20-22-24-26-28-29-30-31-32-33-35-37-39-41-43-45-47-49-51-53-55-62(65)71-60(59-70-72(66,67)69-57-56-63(3,4)5)58-68-61(64)54-52-50-48-46-44-42-40-38-36-34-27-25-23-21-19-17-15-13-11-9-7-2/h8,10,14,16,19-22,25-28,60H,6-7,9,11-13,15,17-18,23-24,29-59H2,1-5H3/p+1/b10-8-,16-14-,21-19-,22-20-,27-25-,28-26-. The summed E-state index contributed by atoms with van der Waals surface area (Å²) in [4.78, 5) is 35.7. The van der Waals surface area contributed by atoms with Crippen molar-refractivity contribution >= 4 is 19.8 Å². The van der Waals surface area contributed by atoms with Gasteiger partial charge in [0.1, 0.15) is 19.8 Å². The number of phosphoric ester groups is 1. The van der Waals surface area contributed by atoms with Crippen molar-refractivity contribution in [1.29, 1.82) is 0 Å². The van der Waals surface area contributed by atoms with E-state index in [1.807, 2.05) is 21.1 Å². The molecule has 0 rings (SSSR count). The molecule has 418 valence electrons. The van der Waals surface area contributed by atoms with Crippen molar-refractivity contribution in [2.75, 3.05) is 47.5 Å². The van der Waals surface area contributed by atoms with E-state index in [9.17, 15) is 19.0 Å². The first-order valence-electron chi connectivity index (χ1n) is 29.7. The third kappa shape index (κ3) is 56.7. The monoisotopic (exact) mass is 1030 g/mol. The van der Waals surface area contributed by atoms with E-state index in [2.05, 4.69) is 86.8 Å². The number of quaternary nitrogens is 1. The summed E-state index contributed by atoms with van der Waals surface area (Å²) in [5, 5.41) is 0. The average Bonchev–Trinajstić information content (AvgIpc) is 3.34. The van der Waals surface area contributed by atoms with Crippen LogP contribution in [0.1, 0.15) is 258 Å². The fraction of sp³-hybridized carbons (Fsp3) is 0.774. The van der Waals surface area contributed by atoms with Gasteiger partial charge < -0.3 is 18.9 Å². The summed E-state index contributed by atoms with van der Waals surface area (Å²) in [6.45, 7) is 4.33. The molecule has 10 heteroatoms. The minimum atomic E-state index is -4.39. The third-order valence-electron chi connectivity index (χ3n) is 12.7. The summed E-state index contributed by atoms with van der Waals surface area (Å²) < 4.78 is 34.6. The smallest absolute Gasteiger partial charge is 0.462 e. The Bertz CT molecular complexity index is 1450. The zero-order chi connectivity index (χ0) is 52.7. The van der Waals surface area contributed by atoms with Crippen molar-refractivity contribution in [3.8, 4) is 0 Å². The van der Waals surface area contributed by atoms with Crippen molar-refractivity contribution < 1.29 is 42.1 Å². The molecular formula is C62H113NO8P+. The molecule has 0 aromatic rings. The lowest BCUT2D eigenvalue weighted by molar-refractivity contribution is -0.870. The van der Waals surface area contributed by atoms with Gasteiger partial charge in [0.05, 0.1) is 27.7 Å². The van der Waals surface area contributed by atoms with E-state index in [4.69, 9.17) is 18.5 Å². The molecule has 0 amide bonds. The van der Waals surface area contributed by atoms with E-state index in [-0.39, 0.29) is 32.0 Å². The third-order valence-corrected chi connectivity index (χ3v) is 13.7. The lowest BCUT2D eigenvalue weighted by Crippen LogP contribution is -2.37. The number of ether oxygens (including phenoxy) is 2. The molecular weight excluding hydrogens is 918 g/mol. The van der Waals surface area contributed by atoms with Gasteiger partial charge in [-0.25, -0.2) is 4.57 Å². The van der Waals surface area contributed by atoms with E-state index in [1.54, 1.807) is 0 Å². The van der Waals surface area contributed by atoms with Crippen LogP contribution < -0.4 is 0 Å². The number of nitrogens with zero attached hydrogens (tertiary/aromatic N) is 1.